The van der Waals surface area contributed by atoms with Gasteiger partial charge < -0.3 is 0 Å². The normalized spacial score (nSPS) is 13.6. The number of halogens is 3. The van der Waals surface area contributed by atoms with Crippen molar-refractivity contribution in [3.63, 3.8) is 0 Å². The first kappa shape index (κ1) is 12.1. The Morgan fingerprint density at radius 2 is 1.85 bits per heavy atom. The van der Waals surface area contributed by atoms with E-state index in [2.05, 4.69) is 4.99 Å². The molecule has 2 nitrogen and oxygen atoms in total. The van der Waals surface area contributed by atoms with Crippen molar-refractivity contribution in [1.82, 2.24) is 0 Å². The van der Waals surface area contributed by atoms with Crippen LogP contribution < -0.4 is 0 Å². The fourth-order valence-corrected chi connectivity index (χ4v) is 0.819. The summed E-state index contributed by atoms with van der Waals surface area (Å²) in [6, 6.07) is -0.0824. The van der Waals surface area contributed by atoms with Crippen molar-refractivity contribution in [1.29, 1.82) is 0 Å². The molecule has 0 N–H and O–H groups in total. The van der Waals surface area contributed by atoms with E-state index in [1.807, 2.05) is 0 Å². The van der Waals surface area contributed by atoms with Gasteiger partial charge in [-0.25, -0.2) is 0 Å². The Bertz CT molecular complexity index is 218. The zero-order valence-electron chi connectivity index (χ0n) is 7.77. The molecule has 0 bridgehead atoms. The minimum Gasteiger partial charge on any atom is -0.291 e. The predicted octanol–water partition coefficient (Wildman–Crippen LogP) is 2.38. The van der Waals surface area contributed by atoms with Gasteiger partial charge >= 0.3 is 6.18 Å². The lowest BCUT2D eigenvalue weighted by Gasteiger charge is -2.05. The number of ketones is 1. The maximum absolute atomic E-state index is 11.7. The summed E-state index contributed by atoms with van der Waals surface area (Å²) in [6.07, 6.45) is -5.38. The lowest BCUT2D eigenvalue weighted by molar-refractivity contribution is -0.169. The topological polar surface area (TPSA) is 29.4 Å². The Hall–Kier alpha value is -0.870. The molecule has 0 aliphatic carbocycles. The van der Waals surface area contributed by atoms with E-state index >= 15 is 0 Å². The first-order valence-electron chi connectivity index (χ1n) is 3.86. The van der Waals surface area contributed by atoms with Crippen molar-refractivity contribution in [2.24, 2.45) is 4.99 Å². The second-order valence-corrected chi connectivity index (χ2v) is 3.06. The van der Waals surface area contributed by atoms with Gasteiger partial charge in [-0.15, -0.1) is 0 Å². The number of alkyl halides is 3. The molecular weight excluding hydrogens is 183 g/mol. The standard InChI is InChI=1S/C8H12F3NO/c1-5(2)12-6(3)4-7(13)8(9,10)11/h5H,4H2,1-3H3. The number of aliphatic imine (C=N–C) groups is 1. The van der Waals surface area contributed by atoms with Crippen LogP contribution >= 0.6 is 0 Å². The molecule has 0 aromatic carbocycles. The van der Waals surface area contributed by atoms with Gasteiger partial charge in [0.05, 0.1) is 6.42 Å². The molecule has 0 saturated carbocycles. The summed E-state index contributed by atoms with van der Waals surface area (Å²) in [5, 5.41) is 0. The molecule has 0 aliphatic rings. The summed E-state index contributed by atoms with van der Waals surface area (Å²) in [7, 11) is 0. The van der Waals surface area contributed by atoms with E-state index in [1.54, 1.807) is 13.8 Å². The van der Waals surface area contributed by atoms with Crippen LogP contribution in [0.2, 0.25) is 0 Å². The third kappa shape index (κ3) is 5.38. The van der Waals surface area contributed by atoms with Crippen LogP contribution in [0.15, 0.2) is 4.99 Å². The average Bonchev–Trinajstić information content (AvgIpc) is 1.82. The first-order valence-corrected chi connectivity index (χ1v) is 3.86. The number of carbonyl (C=O) groups is 1. The van der Waals surface area contributed by atoms with E-state index in [9.17, 15) is 18.0 Å². The molecule has 0 radical (unpaired) electrons. The molecule has 0 aromatic rings. The highest BCUT2D eigenvalue weighted by Crippen LogP contribution is 2.18. The zero-order chi connectivity index (χ0) is 10.6. The molecule has 0 aliphatic heterocycles. The van der Waals surface area contributed by atoms with Gasteiger partial charge in [0.25, 0.3) is 0 Å². The van der Waals surface area contributed by atoms with E-state index in [-0.39, 0.29) is 11.8 Å². The molecule has 0 heterocycles. The lowest BCUT2D eigenvalue weighted by Crippen LogP contribution is -2.24. The van der Waals surface area contributed by atoms with E-state index in [1.165, 1.54) is 6.92 Å². The quantitative estimate of drug-likeness (QED) is 0.635. The van der Waals surface area contributed by atoms with Gasteiger partial charge in [0.1, 0.15) is 0 Å². The summed E-state index contributed by atoms with van der Waals surface area (Å²) >= 11 is 0. The van der Waals surface area contributed by atoms with Gasteiger partial charge in [-0.1, -0.05) is 0 Å². The second kappa shape index (κ2) is 4.39. The summed E-state index contributed by atoms with van der Waals surface area (Å²) in [5.41, 5.74) is 0.220. The van der Waals surface area contributed by atoms with Crippen molar-refractivity contribution < 1.29 is 18.0 Å². The third-order valence-corrected chi connectivity index (χ3v) is 1.21. The highest BCUT2D eigenvalue weighted by molar-refractivity contribution is 6.03. The second-order valence-electron chi connectivity index (χ2n) is 3.06. The van der Waals surface area contributed by atoms with Crippen LogP contribution in [0.3, 0.4) is 0 Å². The van der Waals surface area contributed by atoms with Crippen molar-refractivity contribution in [3.8, 4) is 0 Å². The Kier molecular flexibility index (Phi) is 4.10. The van der Waals surface area contributed by atoms with Gasteiger partial charge in [-0.3, -0.25) is 9.79 Å². The summed E-state index contributed by atoms with van der Waals surface area (Å²) in [5.74, 6) is -1.74. The van der Waals surface area contributed by atoms with E-state index in [0.717, 1.165) is 0 Å². The number of nitrogens with zero attached hydrogens (tertiary/aromatic N) is 1. The monoisotopic (exact) mass is 195 g/mol. The highest BCUT2D eigenvalue weighted by Gasteiger charge is 2.37. The number of hydrogen-bond donors (Lipinski definition) is 0. The molecule has 0 aromatic heterocycles. The Balaban J connectivity index is 4.23. The van der Waals surface area contributed by atoms with Crippen LogP contribution in [0, 0.1) is 0 Å². The Morgan fingerprint density at radius 3 is 2.15 bits per heavy atom. The van der Waals surface area contributed by atoms with Crippen LogP contribution in [0.4, 0.5) is 13.2 Å². The lowest BCUT2D eigenvalue weighted by atomic mass is 10.2. The molecule has 0 rings (SSSR count). The maximum Gasteiger partial charge on any atom is 0.450 e. The first-order chi connectivity index (χ1) is 5.73. The summed E-state index contributed by atoms with van der Waals surface area (Å²) in [6.45, 7) is 4.90. The highest BCUT2D eigenvalue weighted by atomic mass is 19.4. The fourth-order valence-electron chi connectivity index (χ4n) is 0.819. The van der Waals surface area contributed by atoms with Crippen molar-refractivity contribution in [2.45, 2.75) is 39.4 Å². The van der Waals surface area contributed by atoms with Crippen LogP contribution in [0.1, 0.15) is 27.2 Å². The fraction of sp³-hybridized carbons (Fsp3) is 0.750. The SMILES string of the molecule is CC(CC(=O)C(F)(F)F)=NC(C)C. The van der Waals surface area contributed by atoms with Gasteiger partial charge in [0.2, 0.25) is 5.78 Å². The van der Waals surface area contributed by atoms with E-state index in [4.69, 9.17) is 0 Å². The number of rotatable bonds is 3. The molecule has 5 heteroatoms. The van der Waals surface area contributed by atoms with Crippen molar-refractivity contribution >= 4 is 11.5 Å². The summed E-state index contributed by atoms with van der Waals surface area (Å²) in [4.78, 5) is 14.3. The van der Waals surface area contributed by atoms with Crippen LogP contribution in [0.25, 0.3) is 0 Å². The Labute approximate surface area is 74.8 Å². The molecule has 0 saturated heterocycles. The van der Waals surface area contributed by atoms with Gasteiger partial charge in [-0.2, -0.15) is 13.2 Å². The smallest absolute Gasteiger partial charge is 0.291 e. The van der Waals surface area contributed by atoms with Gasteiger partial charge in [-0.05, 0) is 20.8 Å². The van der Waals surface area contributed by atoms with Crippen molar-refractivity contribution in [2.75, 3.05) is 0 Å². The van der Waals surface area contributed by atoms with Gasteiger partial charge in [0.15, 0.2) is 0 Å². The molecule has 0 spiro atoms. The zero-order valence-corrected chi connectivity index (χ0v) is 7.77. The van der Waals surface area contributed by atoms with Gasteiger partial charge in [0, 0.05) is 11.8 Å². The number of carbonyl (C=O) groups excluding carboxylic acids is 1. The molecule has 13 heavy (non-hydrogen) atoms. The molecule has 0 fully saturated rings. The minimum absolute atomic E-state index is 0.0824. The van der Waals surface area contributed by atoms with Crippen LogP contribution in [0.5, 0.6) is 0 Å². The molecule has 76 valence electrons. The van der Waals surface area contributed by atoms with Crippen molar-refractivity contribution in [3.05, 3.63) is 0 Å². The number of hydrogen-bond acceptors (Lipinski definition) is 2. The minimum atomic E-state index is -4.74. The third-order valence-electron chi connectivity index (χ3n) is 1.21. The largest absolute Gasteiger partial charge is 0.450 e. The number of Topliss-reactive ketones (excluding diaryl/α,β-unsaturated/α-hetero) is 1. The van der Waals surface area contributed by atoms with Crippen LogP contribution in [-0.2, 0) is 4.79 Å². The Morgan fingerprint density at radius 1 is 1.38 bits per heavy atom. The molecular formula is C8H12F3NO. The molecule has 0 atom stereocenters. The maximum atomic E-state index is 11.7. The van der Waals surface area contributed by atoms with E-state index in [0.29, 0.717) is 0 Å². The average molecular weight is 195 g/mol. The predicted molar refractivity (Wildman–Crippen MR) is 43.9 cm³/mol. The van der Waals surface area contributed by atoms with Crippen LogP contribution in [-0.4, -0.2) is 23.7 Å². The summed E-state index contributed by atoms with van der Waals surface area (Å²) < 4.78 is 35.2. The molecule has 0 unspecified atom stereocenters. The van der Waals surface area contributed by atoms with E-state index < -0.39 is 18.4 Å². The molecule has 0 amide bonds.